The van der Waals surface area contributed by atoms with E-state index < -0.39 is 59.5 Å². The number of esters is 3. The van der Waals surface area contributed by atoms with E-state index in [4.69, 9.17) is 18.9 Å². The molecule has 1 amide bonds. The minimum atomic E-state index is -2.11. The molecule has 10 heteroatoms. The fourth-order valence-electron chi connectivity index (χ4n) is 3.53. The number of carbonyl (C=O) groups is 4. The third kappa shape index (κ3) is 4.87. The van der Waals surface area contributed by atoms with Crippen LogP contribution in [0.25, 0.3) is 0 Å². The molecule has 162 valence electrons. The summed E-state index contributed by atoms with van der Waals surface area (Å²) in [5.74, 6) is -2.83. The van der Waals surface area contributed by atoms with Gasteiger partial charge in [-0.05, 0) is 26.8 Å². The van der Waals surface area contributed by atoms with E-state index in [1.807, 2.05) is 0 Å². The molecule has 1 fully saturated rings. The van der Waals surface area contributed by atoms with Gasteiger partial charge in [-0.2, -0.15) is 0 Å². The summed E-state index contributed by atoms with van der Waals surface area (Å²) in [5, 5.41) is 11.3. The van der Waals surface area contributed by atoms with Gasteiger partial charge >= 0.3 is 24.0 Å². The van der Waals surface area contributed by atoms with Crippen LogP contribution in [0.4, 0.5) is 4.79 Å². The molecule has 0 aliphatic carbocycles. The van der Waals surface area contributed by atoms with Crippen molar-refractivity contribution in [3.8, 4) is 0 Å². The Morgan fingerprint density at radius 3 is 2.10 bits per heavy atom. The molecule has 0 unspecified atom stereocenters. The van der Waals surface area contributed by atoms with Crippen molar-refractivity contribution in [2.75, 3.05) is 6.61 Å². The average molecular weight is 413 g/mol. The number of amides is 1. The highest BCUT2D eigenvalue weighted by Gasteiger charge is 2.64. The predicted molar refractivity (Wildman–Crippen MR) is 97.2 cm³/mol. The number of aliphatic hydroxyl groups is 1. The quantitative estimate of drug-likeness (QED) is 0.406. The minimum Gasteiger partial charge on any atom is -0.465 e. The number of carbonyl (C=O) groups excluding carboxylic acids is 4. The van der Waals surface area contributed by atoms with Gasteiger partial charge in [-0.3, -0.25) is 19.3 Å². The van der Waals surface area contributed by atoms with E-state index in [-0.39, 0.29) is 6.61 Å². The summed E-state index contributed by atoms with van der Waals surface area (Å²) in [4.78, 5) is 48.7. The normalized spacial score (nSPS) is 30.5. The number of ether oxygens (including phenoxy) is 4. The van der Waals surface area contributed by atoms with Gasteiger partial charge in [-0.1, -0.05) is 6.08 Å². The summed E-state index contributed by atoms with van der Waals surface area (Å²) in [6, 6.07) is -0.828. The van der Waals surface area contributed by atoms with Crippen LogP contribution in [0.15, 0.2) is 12.2 Å². The summed E-state index contributed by atoms with van der Waals surface area (Å²) < 4.78 is 21.1. The van der Waals surface area contributed by atoms with Crippen molar-refractivity contribution in [2.45, 2.75) is 71.1 Å². The molecule has 0 saturated carbocycles. The van der Waals surface area contributed by atoms with Crippen LogP contribution in [-0.4, -0.2) is 70.2 Å². The van der Waals surface area contributed by atoms with Gasteiger partial charge in [0.2, 0.25) is 5.72 Å². The van der Waals surface area contributed by atoms with Crippen molar-refractivity contribution in [1.82, 2.24) is 4.90 Å². The van der Waals surface area contributed by atoms with Crippen molar-refractivity contribution in [2.24, 2.45) is 5.92 Å². The van der Waals surface area contributed by atoms with Gasteiger partial charge in [0.1, 0.15) is 12.2 Å². The lowest BCUT2D eigenvalue weighted by molar-refractivity contribution is -0.240. The second kappa shape index (κ2) is 8.02. The Balaban J connectivity index is 2.51. The first-order valence-electron chi connectivity index (χ1n) is 9.18. The highest BCUT2D eigenvalue weighted by Crippen LogP contribution is 2.44. The topological polar surface area (TPSA) is 129 Å². The summed E-state index contributed by atoms with van der Waals surface area (Å²) in [5.41, 5.74) is -2.96. The van der Waals surface area contributed by atoms with Gasteiger partial charge in [0.05, 0.1) is 12.0 Å². The maximum Gasteiger partial charge on any atom is 0.413 e. The molecular formula is C19H27NO9. The molecule has 1 N–H and O–H groups in total. The molecular weight excluding hydrogens is 386 g/mol. The van der Waals surface area contributed by atoms with Crippen LogP contribution in [-0.2, 0) is 33.3 Å². The lowest BCUT2D eigenvalue weighted by atomic mass is 9.83. The smallest absolute Gasteiger partial charge is 0.413 e. The molecule has 2 bridgehead atoms. The third-order valence-electron chi connectivity index (χ3n) is 4.46. The van der Waals surface area contributed by atoms with Crippen LogP contribution < -0.4 is 0 Å². The van der Waals surface area contributed by atoms with Crippen LogP contribution in [0.5, 0.6) is 0 Å². The molecule has 29 heavy (non-hydrogen) atoms. The Kier molecular flexibility index (Phi) is 6.27. The summed E-state index contributed by atoms with van der Waals surface area (Å²) >= 11 is 0. The van der Waals surface area contributed by atoms with Crippen LogP contribution in [0, 0.1) is 5.92 Å². The van der Waals surface area contributed by atoms with Crippen LogP contribution in [0.3, 0.4) is 0 Å². The van der Waals surface area contributed by atoms with Crippen molar-refractivity contribution in [1.29, 1.82) is 0 Å². The van der Waals surface area contributed by atoms with Crippen molar-refractivity contribution in [3.05, 3.63) is 12.2 Å². The molecule has 2 rings (SSSR count). The second-order valence-electron chi connectivity index (χ2n) is 8.05. The van der Waals surface area contributed by atoms with Crippen LogP contribution in [0.2, 0.25) is 0 Å². The molecule has 0 aromatic carbocycles. The first kappa shape index (κ1) is 22.7. The minimum absolute atomic E-state index is 0.241. The summed E-state index contributed by atoms with van der Waals surface area (Å²) in [6.07, 6.45) is -0.676. The van der Waals surface area contributed by atoms with E-state index in [9.17, 15) is 24.3 Å². The molecule has 0 radical (unpaired) electrons. The molecule has 2 heterocycles. The second-order valence-corrected chi connectivity index (χ2v) is 8.05. The fraction of sp³-hybridized carbons (Fsp3) is 0.684. The monoisotopic (exact) mass is 413 g/mol. The van der Waals surface area contributed by atoms with Crippen LogP contribution >= 0.6 is 0 Å². The molecule has 2 aliphatic heterocycles. The largest absolute Gasteiger partial charge is 0.465 e. The van der Waals surface area contributed by atoms with E-state index in [1.54, 1.807) is 20.8 Å². The summed E-state index contributed by atoms with van der Waals surface area (Å²) in [7, 11) is 0. The van der Waals surface area contributed by atoms with Crippen molar-refractivity contribution >= 4 is 24.0 Å². The number of piperidine rings is 1. The zero-order valence-corrected chi connectivity index (χ0v) is 17.3. The van der Waals surface area contributed by atoms with E-state index >= 15 is 0 Å². The molecule has 1 saturated heterocycles. The van der Waals surface area contributed by atoms with E-state index in [1.165, 1.54) is 19.1 Å². The SMILES string of the molecule is CC(=O)OC[C@H]1[C@H](OC(C)=O)[C@H](OC(C)=O)[C@@]2(O)C=C[C@H]1N2C(=O)OC(C)(C)C. The maximum atomic E-state index is 12.9. The molecule has 0 aromatic rings. The zero-order chi connectivity index (χ0) is 22.1. The Bertz CT molecular complexity index is 726. The van der Waals surface area contributed by atoms with Crippen LogP contribution in [0.1, 0.15) is 41.5 Å². The lowest BCUT2D eigenvalue weighted by Gasteiger charge is -2.51. The highest BCUT2D eigenvalue weighted by atomic mass is 16.6. The first-order chi connectivity index (χ1) is 13.3. The molecule has 0 spiro atoms. The van der Waals surface area contributed by atoms with Crippen molar-refractivity contribution in [3.63, 3.8) is 0 Å². The molecule has 2 aliphatic rings. The van der Waals surface area contributed by atoms with E-state index in [0.29, 0.717) is 0 Å². The predicted octanol–water partition coefficient (Wildman–Crippen LogP) is 0.907. The standard InChI is InChI=1S/C19H27NO9/c1-10(21)26-9-13-14-7-8-19(25,20(14)17(24)29-18(4,5)6)16(28-12(3)23)15(13)27-11(2)22/h7-8,13-16,25H,9H2,1-6H3/t13-,14-,15+,16+,19+/m1/s1. The number of rotatable bonds is 4. The Morgan fingerprint density at radius 2 is 1.62 bits per heavy atom. The third-order valence-corrected chi connectivity index (χ3v) is 4.46. The van der Waals surface area contributed by atoms with E-state index in [0.717, 1.165) is 18.7 Å². The Morgan fingerprint density at radius 1 is 1.03 bits per heavy atom. The van der Waals surface area contributed by atoms with Gasteiger partial charge in [-0.25, -0.2) is 4.79 Å². The molecule has 5 atom stereocenters. The first-order valence-corrected chi connectivity index (χ1v) is 9.18. The Hall–Kier alpha value is -2.62. The zero-order valence-electron chi connectivity index (χ0n) is 17.3. The van der Waals surface area contributed by atoms with Crippen molar-refractivity contribution < 1.29 is 43.2 Å². The maximum absolute atomic E-state index is 12.9. The average Bonchev–Trinajstić information content (AvgIpc) is 2.83. The lowest BCUT2D eigenvalue weighted by Crippen LogP contribution is -2.71. The number of fused-ring (bicyclic) bond motifs is 2. The van der Waals surface area contributed by atoms with Gasteiger partial charge < -0.3 is 24.1 Å². The Labute approximate surface area is 168 Å². The van der Waals surface area contributed by atoms with Gasteiger partial charge in [0.25, 0.3) is 0 Å². The molecule has 0 aromatic heterocycles. The highest BCUT2D eigenvalue weighted by molar-refractivity contribution is 5.73. The van der Waals surface area contributed by atoms with Gasteiger partial charge in [-0.15, -0.1) is 0 Å². The number of nitrogens with zero attached hydrogens (tertiary/aromatic N) is 1. The fourth-order valence-corrected chi connectivity index (χ4v) is 3.53. The number of hydrogen-bond acceptors (Lipinski definition) is 9. The summed E-state index contributed by atoms with van der Waals surface area (Å²) in [6.45, 7) is 8.24. The van der Waals surface area contributed by atoms with E-state index in [2.05, 4.69) is 0 Å². The van der Waals surface area contributed by atoms with Gasteiger partial charge in [0.15, 0.2) is 12.2 Å². The number of hydrogen-bond donors (Lipinski definition) is 1. The molecule has 10 nitrogen and oxygen atoms in total. The van der Waals surface area contributed by atoms with Gasteiger partial charge in [0, 0.05) is 20.8 Å².